The maximum atomic E-state index is 12.7. The first-order valence-corrected chi connectivity index (χ1v) is 11.9. The van der Waals surface area contributed by atoms with Gasteiger partial charge in [0.25, 0.3) is 5.91 Å². The lowest BCUT2D eigenvalue weighted by molar-refractivity contribution is -0.142. The number of phenolic OH excluding ortho intramolecular Hbond substituents is 2. The van der Waals surface area contributed by atoms with E-state index in [2.05, 4.69) is 5.16 Å². The molecule has 8 nitrogen and oxygen atoms in total. The van der Waals surface area contributed by atoms with Gasteiger partial charge in [-0.15, -0.1) is 0 Å². The topological polar surface area (TPSA) is 109 Å². The first-order chi connectivity index (χ1) is 16.4. The first kappa shape index (κ1) is 25.3. The van der Waals surface area contributed by atoms with Crippen LogP contribution < -0.4 is 0 Å². The van der Waals surface area contributed by atoms with Crippen LogP contribution >= 0.6 is 0 Å². The van der Waals surface area contributed by atoms with Gasteiger partial charge in [-0.2, -0.15) is 0 Å². The number of benzene rings is 1. The third kappa shape index (κ3) is 6.85. The number of carbonyl (C=O) groups is 2. The van der Waals surface area contributed by atoms with Gasteiger partial charge in [-0.1, -0.05) is 23.4 Å². The highest BCUT2D eigenvalue weighted by Gasteiger charge is 2.29. The molecular weight excluding hydrogens is 436 g/mol. The van der Waals surface area contributed by atoms with Crippen molar-refractivity contribution in [1.29, 1.82) is 0 Å². The highest BCUT2D eigenvalue weighted by molar-refractivity contribution is 6.00. The lowest BCUT2D eigenvalue weighted by Crippen LogP contribution is -2.48. The number of hydrogen-bond acceptors (Lipinski definition) is 7. The molecule has 3 rings (SSSR count). The van der Waals surface area contributed by atoms with E-state index in [1.165, 1.54) is 6.07 Å². The van der Waals surface area contributed by atoms with Gasteiger partial charge in [0, 0.05) is 24.6 Å². The second-order valence-electron chi connectivity index (χ2n) is 8.84. The Hall–Kier alpha value is -3.29. The van der Waals surface area contributed by atoms with E-state index >= 15 is 0 Å². The number of likely N-dealkylation sites (tertiary alicyclic amines) is 1. The molecule has 2 aliphatic heterocycles. The van der Waals surface area contributed by atoms with Crippen molar-refractivity contribution in [3.63, 3.8) is 0 Å². The quantitative estimate of drug-likeness (QED) is 0.388. The predicted octanol–water partition coefficient (Wildman–Crippen LogP) is 4.26. The molecule has 0 spiro atoms. The third-order valence-electron chi connectivity index (χ3n) is 6.11. The van der Waals surface area contributed by atoms with E-state index in [9.17, 15) is 19.8 Å². The number of cyclic esters (lactones) is 1. The summed E-state index contributed by atoms with van der Waals surface area (Å²) in [5.74, 6) is -1.33. The minimum Gasteiger partial charge on any atom is -0.508 e. The Morgan fingerprint density at radius 3 is 2.59 bits per heavy atom. The van der Waals surface area contributed by atoms with Crippen molar-refractivity contribution in [2.45, 2.75) is 70.9 Å². The zero-order valence-corrected chi connectivity index (χ0v) is 19.9. The summed E-state index contributed by atoms with van der Waals surface area (Å²) in [5, 5.41) is 24.5. The molecule has 0 aromatic heterocycles. The zero-order chi connectivity index (χ0) is 24.5. The van der Waals surface area contributed by atoms with Gasteiger partial charge in [-0.25, -0.2) is 4.79 Å². The molecule has 1 fully saturated rings. The molecule has 2 atom stereocenters. The van der Waals surface area contributed by atoms with Crippen LogP contribution in [0, 0.1) is 0 Å². The first-order valence-electron chi connectivity index (χ1n) is 11.9. The number of esters is 1. The molecule has 34 heavy (non-hydrogen) atoms. The molecular formula is C26H34N2O6. The summed E-state index contributed by atoms with van der Waals surface area (Å²) in [6.45, 7) is 4.09. The average molecular weight is 471 g/mol. The van der Waals surface area contributed by atoms with Crippen LogP contribution in [0.3, 0.4) is 0 Å². The number of piperidine rings is 1. The Balaban J connectivity index is 1.82. The SMILES string of the molecule is CC1CCCC(C)N1C(=O)CO/N=C1\C=C\CC/C=C/CCOC(=O)c2c(O)cc(O)cc2C1. The van der Waals surface area contributed by atoms with E-state index in [4.69, 9.17) is 9.57 Å². The number of hydrogen-bond donors (Lipinski definition) is 2. The standard InChI is InChI=1S/C26H34N2O6/c1-18-10-9-11-19(2)28(18)24(31)17-34-27-21-12-7-5-3-4-6-8-13-33-26(32)25-20(14-21)15-22(29)16-23(25)30/h4,6-7,12,15-16,18-19,29-30H,3,5,8-11,13-14,17H2,1-2H3/b6-4+,12-7+,27-21+. The summed E-state index contributed by atoms with van der Waals surface area (Å²) in [4.78, 5) is 32.7. The van der Waals surface area contributed by atoms with Gasteiger partial charge in [0.15, 0.2) is 6.61 Å². The molecule has 1 saturated heterocycles. The summed E-state index contributed by atoms with van der Waals surface area (Å²) in [6, 6.07) is 2.83. The van der Waals surface area contributed by atoms with Crippen LogP contribution in [0.1, 0.15) is 68.3 Å². The van der Waals surface area contributed by atoms with Gasteiger partial charge in [-0.05, 0) is 70.1 Å². The maximum Gasteiger partial charge on any atom is 0.342 e. The van der Waals surface area contributed by atoms with Gasteiger partial charge < -0.3 is 24.7 Å². The fraction of sp³-hybridized carbons (Fsp3) is 0.500. The van der Waals surface area contributed by atoms with Gasteiger partial charge >= 0.3 is 5.97 Å². The van der Waals surface area contributed by atoms with Crippen molar-refractivity contribution in [3.05, 3.63) is 47.6 Å². The van der Waals surface area contributed by atoms with Gasteiger partial charge in [-0.3, -0.25) is 4.79 Å². The largest absolute Gasteiger partial charge is 0.508 e. The maximum absolute atomic E-state index is 12.7. The lowest BCUT2D eigenvalue weighted by atomic mass is 9.97. The Morgan fingerprint density at radius 2 is 1.82 bits per heavy atom. The molecule has 2 unspecified atom stereocenters. The van der Waals surface area contributed by atoms with Crippen LogP contribution in [-0.4, -0.2) is 58.0 Å². The van der Waals surface area contributed by atoms with Crippen molar-refractivity contribution in [2.24, 2.45) is 5.16 Å². The van der Waals surface area contributed by atoms with E-state index in [1.54, 1.807) is 6.08 Å². The Labute approximate surface area is 200 Å². The van der Waals surface area contributed by atoms with Crippen LogP contribution in [0.25, 0.3) is 0 Å². The molecule has 184 valence electrons. The average Bonchev–Trinajstić information content (AvgIpc) is 2.76. The minimum absolute atomic E-state index is 0.0213. The highest BCUT2D eigenvalue weighted by Crippen LogP contribution is 2.29. The predicted molar refractivity (Wildman–Crippen MR) is 129 cm³/mol. The number of carbonyl (C=O) groups excluding carboxylic acids is 2. The molecule has 1 aromatic carbocycles. The van der Waals surface area contributed by atoms with Gasteiger partial charge in [0.2, 0.25) is 0 Å². The van der Waals surface area contributed by atoms with E-state index < -0.39 is 5.97 Å². The number of amides is 1. The molecule has 2 N–H and O–H groups in total. The van der Waals surface area contributed by atoms with Gasteiger partial charge in [0.1, 0.15) is 17.1 Å². The number of ether oxygens (including phenoxy) is 1. The van der Waals surface area contributed by atoms with Gasteiger partial charge in [0.05, 0.1) is 12.3 Å². The van der Waals surface area contributed by atoms with Crippen LogP contribution in [-0.2, 0) is 20.8 Å². The van der Waals surface area contributed by atoms with Crippen LogP contribution in [0.4, 0.5) is 0 Å². The number of allylic oxidation sites excluding steroid dienone is 3. The molecule has 0 saturated carbocycles. The third-order valence-corrected chi connectivity index (χ3v) is 6.11. The second-order valence-corrected chi connectivity index (χ2v) is 8.84. The number of phenols is 2. The summed E-state index contributed by atoms with van der Waals surface area (Å²) in [5.41, 5.74) is 0.784. The van der Waals surface area contributed by atoms with Crippen LogP contribution in [0.5, 0.6) is 11.5 Å². The van der Waals surface area contributed by atoms with Crippen LogP contribution in [0.2, 0.25) is 0 Å². The normalized spacial score (nSPS) is 25.1. The summed E-state index contributed by atoms with van der Waals surface area (Å²) < 4.78 is 5.30. The Kier molecular flexibility index (Phi) is 9.13. The van der Waals surface area contributed by atoms with Crippen molar-refractivity contribution in [3.8, 4) is 11.5 Å². The monoisotopic (exact) mass is 470 g/mol. The number of fused-ring (bicyclic) bond motifs is 1. The molecule has 8 heteroatoms. The highest BCUT2D eigenvalue weighted by atomic mass is 16.6. The molecule has 2 heterocycles. The molecule has 0 radical (unpaired) electrons. The van der Waals surface area contributed by atoms with Crippen molar-refractivity contribution in [1.82, 2.24) is 4.90 Å². The number of aromatic hydroxyl groups is 2. The Morgan fingerprint density at radius 1 is 1.12 bits per heavy atom. The van der Waals surface area contributed by atoms with Crippen LogP contribution in [0.15, 0.2) is 41.6 Å². The molecule has 2 aliphatic rings. The molecule has 1 amide bonds. The zero-order valence-electron chi connectivity index (χ0n) is 19.9. The molecule has 0 bridgehead atoms. The number of oxime groups is 1. The summed E-state index contributed by atoms with van der Waals surface area (Å²) in [7, 11) is 0. The lowest BCUT2D eigenvalue weighted by Gasteiger charge is -2.38. The van der Waals surface area contributed by atoms with E-state index in [0.717, 1.165) is 38.2 Å². The summed E-state index contributed by atoms with van der Waals surface area (Å²) in [6.07, 6.45) is 13.0. The molecule has 0 aliphatic carbocycles. The van der Waals surface area contributed by atoms with E-state index in [-0.39, 0.29) is 54.7 Å². The fourth-order valence-electron chi connectivity index (χ4n) is 4.46. The summed E-state index contributed by atoms with van der Waals surface area (Å²) >= 11 is 0. The van der Waals surface area contributed by atoms with E-state index in [0.29, 0.717) is 17.7 Å². The van der Waals surface area contributed by atoms with Crippen molar-refractivity contribution >= 4 is 17.6 Å². The second kappa shape index (κ2) is 12.3. The smallest absolute Gasteiger partial charge is 0.342 e. The Bertz CT molecular complexity index is 958. The number of rotatable bonds is 3. The van der Waals surface area contributed by atoms with Crippen molar-refractivity contribution < 1.29 is 29.4 Å². The van der Waals surface area contributed by atoms with E-state index in [1.807, 2.05) is 37.0 Å². The van der Waals surface area contributed by atoms with Crippen molar-refractivity contribution in [2.75, 3.05) is 13.2 Å². The molecule has 1 aromatic rings. The minimum atomic E-state index is -0.676. The fourth-order valence-corrected chi connectivity index (χ4v) is 4.46. The number of nitrogens with zero attached hydrogens (tertiary/aromatic N) is 2.